The zero-order chi connectivity index (χ0) is 24.4. The lowest BCUT2D eigenvalue weighted by atomic mass is 9.88. The molecule has 3 aromatic rings. The van der Waals surface area contributed by atoms with Crippen LogP contribution >= 0.6 is 12.4 Å². The van der Waals surface area contributed by atoms with E-state index in [2.05, 4.69) is 70.9 Å². The Morgan fingerprint density at radius 2 is 1.50 bits per heavy atom. The summed E-state index contributed by atoms with van der Waals surface area (Å²) in [6, 6.07) is 22.9. The smallest absolute Gasteiger partial charge is 0.282 e. The molecule has 0 spiro atoms. The second-order valence-corrected chi connectivity index (χ2v) is 8.90. The van der Waals surface area contributed by atoms with Crippen molar-refractivity contribution in [1.82, 2.24) is 10.2 Å². The number of piperidine rings is 1. The van der Waals surface area contributed by atoms with Crippen molar-refractivity contribution in [2.45, 2.75) is 32.4 Å². The minimum absolute atomic E-state index is 0. The summed E-state index contributed by atoms with van der Waals surface area (Å²) in [6.45, 7) is 2.75. The molecule has 3 aromatic carbocycles. The van der Waals surface area contributed by atoms with E-state index in [1.165, 1.54) is 34.5 Å². The number of para-hydroxylation sites is 1. The van der Waals surface area contributed by atoms with Crippen molar-refractivity contribution in [2.75, 3.05) is 6.54 Å². The van der Waals surface area contributed by atoms with Gasteiger partial charge in [-0.25, -0.2) is 0 Å². The summed E-state index contributed by atoms with van der Waals surface area (Å²) in [7, 11) is 0. The lowest BCUT2D eigenvalue weighted by Crippen LogP contribution is -2.47. The van der Waals surface area contributed by atoms with E-state index < -0.39 is 10.8 Å². The van der Waals surface area contributed by atoms with E-state index in [-0.39, 0.29) is 29.8 Å². The first-order valence-corrected chi connectivity index (χ1v) is 12.0. The average molecular weight is 502 g/mol. The number of nitro groups is 1. The summed E-state index contributed by atoms with van der Waals surface area (Å²) < 4.78 is 0. The number of nitrogens with zero attached hydrogens (tertiary/aromatic N) is 2. The van der Waals surface area contributed by atoms with Crippen LogP contribution in [0, 0.1) is 10.1 Å². The van der Waals surface area contributed by atoms with Crippen LogP contribution in [-0.4, -0.2) is 28.4 Å². The highest BCUT2D eigenvalue weighted by Gasteiger charge is 2.29. The summed E-state index contributed by atoms with van der Waals surface area (Å²) in [6.07, 6.45) is 6.97. The van der Waals surface area contributed by atoms with Gasteiger partial charge in [0, 0.05) is 23.9 Å². The maximum absolute atomic E-state index is 13.1. The third kappa shape index (κ3) is 4.77. The number of hydrogen-bond donors (Lipinski definition) is 1. The Kier molecular flexibility index (Phi) is 7.55. The molecule has 1 saturated heterocycles. The molecule has 0 saturated carbocycles. The number of rotatable bonds is 4. The topological polar surface area (TPSA) is 75.5 Å². The van der Waals surface area contributed by atoms with E-state index >= 15 is 0 Å². The van der Waals surface area contributed by atoms with Crippen molar-refractivity contribution < 1.29 is 9.72 Å². The molecule has 0 bridgehead atoms. The van der Waals surface area contributed by atoms with Gasteiger partial charge < -0.3 is 10.2 Å². The molecule has 1 atom stereocenters. The molecule has 5 rings (SSSR count). The first kappa shape index (κ1) is 25.2. The predicted octanol–water partition coefficient (Wildman–Crippen LogP) is 6.52. The molecule has 184 valence electrons. The summed E-state index contributed by atoms with van der Waals surface area (Å²) >= 11 is 0. The van der Waals surface area contributed by atoms with Crippen molar-refractivity contribution >= 4 is 41.7 Å². The number of halogens is 1. The standard InChI is InChI=1S/C29H27N3O3.ClH/c1-20(30-29(33)25-14-6-7-15-26(25)32(34)35)31-19-9-8-16-27(31)28-23-12-4-2-10-21(23)17-18-22-11-3-5-13-24(22)28;/h2-7,10-15,17-18,20H,8-9,16,19H2,1H3,(H,30,33);1H. The van der Waals surface area contributed by atoms with Crippen LogP contribution in [0.4, 0.5) is 5.69 Å². The fourth-order valence-corrected chi connectivity index (χ4v) is 5.09. The second kappa shape index (κ2) is 10.8. The summed E-state index contributed by atoms with van der Waals surface area (Å²) in [5.74, 6) is -0.442. The molecule has 6 nitrogen and oxygen atoms in total. The molecule has 1 aliphatic heterocycles. The molecule has 1 fully saturated rings. The molecular weight excluding hydrogens is 474 g/mol. The zero-order valence-electron chi connectivity index (χ0n) is 20.0. The van der Waals surface area contributed by atoms with Crippen molar-refractivity contribution in [3.63, 3.8) is 0 Å². The van der Waals surface area contributed by atoms with Crippen LogP contribution in [0.1, 0.15) is 58.8 Å². The fourth-order valence-electron chi connectivity index (χ4n) is 5.09. The van der Waals surface area contributed by atoms with Crippen molar-refractivity contribution in [3.05, 3.63) is 116 Å². The van der Waals surface area contributed by atoms with Gasteiger partial charge in [-0.1, -0.05) is 72.8 Å². The van der Waals surface area contributed by atoms with Gasteiger partial charge >= 0.3 is 0 Å². The van der Waals surface area contributed by atoms with Crippen molar-refractivity contribution in [3.8, 4) is 0 Å². The Morgan fingerprint density at radius 1 is 0.917 bits per heavy atom. The first-order valence-electron chi connectivity index (χ1n) is 12.0. The number of carbonyl (C=O) groups excluding carboxylic acids is 1. The summed E-state index contributed by atoms with van der Waals surface area (Å²) in [4.78, 5) is 26.3. The zero-order valence-corrected chi connectivity index (χ0v) is 20.8. The van der Waals surface area contributed by atoms with E-state index in [1.807, 2.05) is 6.92 Å². The lowest BCUT2D eigenvalue weighted by Gasteiger charge is -2.39. The van der Waals surface area contributed by atoms with Crippen LogP contribution in [0.15, 0.2) is 78.5 Å². The van der Waals surface area contributed by atoms with Gasteiger partial charge in [0.25, 0.3) is 11.6 Å². The highest BCUT2D eigenvalue weighted by atomic mass is 35.5. The summed E-state index contributed by atoms with van der Waals surface area (Å²) in [5.41, 5.74) is 6.93. The van der Waals surface area contributed by atoms with E-state index in [0.29, 0.717) is 0 Å². The Labute approximate surface area is 216 Å². The van der Waals surface area contributed by atoms with E-state index in [1.54, 1.807) is 12.1 Å². The molecule has 1 unspecified atom stereocenters. The van der Waals surface area contributed by atoms with Gasteiger partial charge in [0.15, 0.2) is 0 Å². The predicted molar refractivity (Wildman–Crippen MR) is 146 cm³/mol. The van der Waals surface area contributed by atoms with E-state index in [0.717, 1.165) is 36.9 Å². The number of benzene rings is 3. The molecule has 36 heavy (non-hydrogen) atoms. The van der Waals surface area contributed by atoms with Gasteiger partial charge in [-0.15, -0.1) is 12.4 Å². The molecule has 7 heteroatoms. The highest BCUT2D eigenvalue weighted by Crippen LogP contribution is 2.40. The quantitative estimate of drug-likeness (QED) is 0.255. The Balaban J connectivity index is 0.00000304. The van der Waals surface area contributed by atoms with Crippen LogP contribution in [0.25, 0.3) is 17.7 Å². The van der Waals surface area contributed by atoms with Crippen molar-refractivity contribution in [2.24, 2.45) is 0 Å². The van der Waals surface area contributed by atoms with Gasteiger partial charge in [0.2, 0.25) is 0 Å². The number of hydrogen-bond acceptors (Lipinski definition) is 4. The molecular formula is C29H28ClN3O3. The molecule has 2 aliphatic rings. The van der Waals surface area contributed by atoms with Gasteiger partial charge in [-0.3, -0.25) is 14.9 Å². The molecule has 1 amide bonds. The van der Waals surface area contributed by atoms with E-state index in [4.69, 9.17) is 0 Å². The average Bonchev–Trinajstić information content (AvgIpc) is 3.05. The Hall–Kier alpha value is -3.90. The number of fused-ring (bicyclic) bond motifs is 2. The maximum atomic E-state index is 13.1. The van der Waals surface area contributed by atoms with Crippen LogP contribution < -0.4 is 5.32 Å². The molecule has 0 radical (unpaired) electrons. The first-order chi connectivity index (χ1) is 17.0. The summed E-state index contributed by atoms with van der Waals surface area (Å²) in [5, 5.41) is 14.5. The van der Waals surface area contributed by atoms with Gasteiger partial charge in [0.05, 0.1) is 11.1 Å². The normalized spacial score (nSPS) is 15.2. The minimum atomic E-state index is -0.514. The van der Waals surface area contributed by atoms with Gasteiger partial charge in [-0.05, 0) is 54.5 Å². The number of amides is 1. The number of likely N-dealkylation sites (tertiary alicyclic amines) is 1. The fraction of sp³-hybridized carbons (Fsp3) is 0.207. The molecule has 0 aromatic heterocycles. The number of carbonyl (C=O) groups is 1. The maximum Gasteiger partial charge on any atom is 0.282 e. The number of allylic oxidation sites excluding steroid dienone is 1. The van der Waals surface area contributed by atoms with Crippen molar-refractivity contribution in [1.29, 1.82) is 0 Å². The highest BCUT2D eigenvalue weighted by molar-refractivity contribution is 5.98. The van der Waals surface area contributed by atoms with E-state index in [9.17, 15) is 14.9 Å². The van der Waals surface area contributed by atoms with Crippen LogP contribution in [0.2, 0.25) is 0 Å². The monoisotopic (exact) mass is 501 g/mol. The largest absolute Gasteiger partial charge is 0.354 e. The third-order valence-corrected chi connectivity index (χ3v) is 6.75. The minimum Gasteiger partial charge on any atom is -0.354 e. The van der Waals surface area contributed by atoms with Crippen LogP contribution in [0.5, 0.6) is 0 Å². The lowest BCUT2D eigenvalue weighted by molar-refractivity contribution is -0.385. The van der Waals surface area contributed by atoms with Gasteiger partial charge in [0.1, 0.15) is 5.56 Å². The van der Waals surface area contributed by atoms with Gasteiger partial charge in [-0.2, -0.15) is 0 Å². The Bertz CT molecular complexity index is 1310. The second-order valence-electron chi connectivity index (χ2n) is 8.90. The number of nitro benzene ring substituents is 1. The third-order valence-electron chi connectivity index (χ3n) is 6.75. The molecule has 1 N–H and O–H groups in total. The van der Waals surface area contributed by atoms with Crippen LogP contribution in [0.3, 0.4) is 0 Å². The SMILES string of the molecule is CC(NC(=O)c1ccccc1[N+](=O)[O-])N1CCCCC1=C1c2ccccc2C=Cc2ccccc21.Cl. The van der Waals surface area contributed by atoms with Crippen LogP contribution in [-0.2, 0) is 0 Å². The number of nitrogens with one attached hydrogen (secondary N) is 1. The Morgan fingerprint density at radius 3 is 2.14 bits per heavy atom. The molecule has 1 heterocycles. The molecule has 1 aliphatic carbocycles.